The van der Waals surface area contributed by atoms with Crippen molar-refractivity contribution in [3.8, 4) is 0 Å². The van der Waals surface area contributed by atoms with Gasteiger partial charge in [0.1, 0.15) is 0 Å². The Bertz CT molecular complexity index is 172. The van der Waals surface area contributed by atoms with Crippen molar-refractivity contribution in [3.63, 3.8) is 0 Å². The molecule has 1 aliphatic heterocycles. The van der Waals surface area contributed by atoms with Crippen LogP contribution in [-0.4, -0.2) is 23.5 Å². The molecule has 4 heteroatoms. The molecule has 12 heavy (non-hydrogen) atoms. The van der Waals surface area contributed by atoms with Gasteiger partial charge in [-0.3, -0.25) is 5.43 Å². The fourth-order valence-electron chi connectivity index (χ4n) is 1.65. The molecule has 0 radical (unpaired) electrons. The number of hydrogen-bond donors (Lipinski definition) is 2. The lowest BCUT2D eigenvalue weighted by Gasteiger charge is -2.36. The Morgan fingerprint density at radius 1 is 1.50 bits per heavy atom. The van der Waals surface area contributed by atoms with Gasteiger partial charge in [0.2, 0.25) is 0 Å². The second kappa shape index (κ2) is 3.76. The van der Waals surface area contributed by atoms with E-state index in [4.69, 9.17) is 5.84 Å². The van der Waals surface area contributed by atoms with Crippen LogP contribution in [-0.2, 0) is 0 Å². The van der Waals surface area contributed by atoms with Crippen LogP contribution in [0.1, 0.15) is 26.7 Å². The molecule has 0 spiro atoms. The van der Waals surface area contributed by atoms with Crippen molar-refractivity contribution in [2.24, 2.45) is 11.8 Å². The van der Waals surface area contributed by atoms with Crippen LogP contribution in [0.25, 0.3) is 0 Å². The summed E-state index contributed by atoms with van der Waals surface area (Å²) in [6.07, 6.45) is 2.28. The summed E-state index contributed by atoms with van der Waals surface area (Å²) in [4.78, 5) is 13.0. The highest BCUT2D eigenvalue weighted by molar-refractivity contribution is 5.73. The van der Waals surface area contributed by atoms with Gasteiger partial charge in [0.25, 0.3) is 0 Å². The van der Waals surface area contributed by atoms with Gasteiger partial charge in [0.15, 0.2) is 0 Å². The van der Waals surface area contributed by atoms with E-state index in [0.29, 0.717) is 12.0 Å². The molecule has 0 aromatic carbocycles. The summed E-state index contributed by atoms with van der Waals surface area (Å²) in [5.74, 6) is 5.67. The van der Waals surface area contributed by atoms with E-state index in [0.717, 1.165) is 13.0 Å². The minimum absolute atomic E-state index is 0.158. The fraction of sp³-hybridized carbons (Fsp3) is 0.875. The Labute approximate surface area is 73.1 Å². The zero-order chi connectivity index (χ0) is 9.14. The minimum atomic E-state index is -0.158. The standard InChI is InChI=1S/C8H17N3O/c1-6-3-4-7(2)11(5-6)8(12)10-9/h6-7H,3-5,9H2,1-2H3,(H,10,12). The first-order valence-corrected chi connectivity index (χ1v) is 4.42. The van der Waals surface area contributed by atoms with Crippen molar-refractivity contribution in [1.29, 1.82) is 0 Å². The molecule has 70 valence electrons. The van der Waals surface area contributed by atoms with Crippen molar-refractivity contribution in [2.45, 2.75) is 32.7 Å². The van der Waals surface area contributed by atoms with E-state index in [2.05, 4.69) is 19.3 Å². The third-order valence-corrected chi connectivity index (χ3v) is 2.50. The lowest BCUT2D eigenvalue weighted by atomic mass is 9.95. The number of amides is 2. The first-order valence-electron chi connectivity index (χ1n) is 4.42. The number of carbonyl (C=O) groups excluding carboxylic acids is 1. The van der Waals surface area contributed by atoms with Gasteiger partial charge >= 0.3 is 6.03 Å². The Morgan fingerprint density at radius 3 is 2.75 bits per heavy atom. The molecule has 2 amide bonds. The van der Waals surface area contributed by atoms with Crippen LogP contribution in [0.15, 0.2) is 0 Å². The number of carbonyl (C=O) groups is 1. The van der Waals surface area contributed by atoms with E-state index in [1.54, 1.807) is 4.90 Å². The van der Waals surface area contributed by atoms with E-state index in [9.17, 15) is 4.79 Å². The van der Waals surface area contributed by atoms with Crippen LogP contribution in [0.3, 0.4) is 0 Å². The average Bonchev–Trinajstić information content (AvgIpc) is 2.08. The molecule has 1 heterocycles. The summed E-state index contributed by atoms with van der Waals surface area (Å²) in [6, 6.07) is 0.166. The lowest BCUT2D eigenvalue weighted by molar-refractivity contribution is 0.137. The number of hydrazine groups is 1. The number of nitrogens with zero attached hydrogens (tertiary/aromatic N) is 1. The number of nitrogens with one attached hydrogen (secondary N) is 1. The Hall–Kier alpha value is -0.770. The van der Waals surface area contributed by atoms with Gasteiger partial charge in [-0.15, -0.1) is 0 Å². The average molecular weight is 171 g/mol. The Kier molecular flexibility index (Phi) is 2.92. The van der Waals surface area contributed by atoms with E-state index in [-0.39, 0.29) is 6.03 Å². The van der Waals surface area contributed by atoms with Crippen LogP contribution in [0.5, 0.6) is 0 Å². The van der Waals surface area contributed by atoms with Crippen LogP contribution in [0, 0.1) is 5.92 Å². The maximum Gasteiger partial charge on any atom is 0.331 e. The summed E-state index contributed by atoms with van der Waals surface area (Å²) < 4.78 is 0. The highest BCUT2D eigenvalue weighted by Crippen LogP contribution is 2.20. The van der Waals surface area contributed by atoms with Crippen molar-refractivity contribution < 1.29 is 4.79 Å². The molecule has 1 fully saturated rings. The van der Waals surface area contributed by atoms with Gasteiger partial charge < -0.3 is 4.90 Å². The fourth-order valence-corrected chi connectivity index (χ4v) is 1.65. The number of urea groups is 1. The van der Waals surface area contributed by atoms with E-state index < -0.39 is 0 Å². The zero-order valence-corrected chi connectivity index (χ0v) is 7.71. The molecule has 2 atom stereocenters. The van der Waals surface area contributed by atoms with Gasteiger partial charge in [0, 0.05) is 12.6 Å². The Morgan fingerprint density at radius 2 is 2.17 bits per heavy atom. The van der Waals surface area contributed by atoms with Crippen molar-refractivity contribution in [1.82, 2.24) is 10.3 Å². The molecule has 1 aliphatic rings. The SMILES string of the molecule is CC1CCC(C)N(C(=O)NN)C1. The number of nitrogens with two attached hydrogens (primary N) is 1. The van der Waals surface area contributed by atoms with Gasteiger partial charge in [-0.1, -0.05) is 6.92 Å². The first-order chi connectivity index (χ1) is 5.65. The number of rotatable bonds is 0. The van der Waals surface area contributed by atoms with Crippen LogP contribution >= 0.6 is 0 Å². The summed E-state index contributed by atoms with van der Waals surface area (Å²) in [7, 11) is 0. The van der Waals surface area contributed by atoms with E-state index in [1.807, 2.05) is 0 Å². The zero-order valence-electron chi connectivity index (χ0n) is 7.71. The molecule has 0 saturated carbocycles. The molecule has 2 unspecified atom stereocenters. The molecule has 3 N–H and O–H groups in total. The van der Waals surface area contributed by atoms with Crippen LogP contribution in [0.2, 0.25) is 0 Å². The highest BCUT2D eigenvalue weighted by atomic mass is 16.2. The molecule has 0 aliphatic carbocycles. The quantitative estimate of drug-likeness (QED) is 0.320. The summed E-state index contributed by atoms with van der Waals surface area (Å²) in [5, 5.41) is 0. The summed E-state index contributed by atoms with van der Waals surface area (Å²) in [6.45, 7) is 5.04. The van der Waals surface area contributed by atoms with Crippen LogP contribution in [0.4, 0.5) is 4.79 Å². The largest absolute Gasteiger partial charge is 0.331 e. The molecular formula is C8H17N3O. The number of piperidine rings is 1. The van der Waals surface area contributed by atoms with Gasteiger partial charge in [-0.2, -0.15) is 0 Å². The number of hydrogen-bond acceptors (Lipinski definition) is 2. The Balaban J connectivity index is 2.54. The monoisotopic (exact) mass is 171 g/mol. The summed E-state index contributed by atoms with van der Waals surface area (Å²) >= 11 is 0. The normalized spacial score (nSPS) is 30.1. The summed E-state index contributed by atoms with van der Waals surface area (Å²) in [5.41, 5.74) is 2.17. The maximum atomic E-state index is 11.2. The van der Waals surface area contributed by atoms with Crippen molar-refractivity contribution in [2.75, 3.05) is 6.54 Å². The first kappa shape index (κ1) is 9.32. The highest BCUT2D eigenvalue weighted by Gasteiger charge is 2.25. The van der Waals surface area contributed by atoms with Crippen molar-refractivity contribution >= 4 is 6.03 Å². The predicted molar refractivity (Wildman–Crippen MR) is 47.3 cm³/mol. The molecule has 0 bridgehead atoms. The smallest absolute Gasteiger partial charge is 0.321 e. The molecule has 0 aromatic rings. The second-order valence-corrected chi connectivity index (χ2v) is 3.63. The molecule has 0 aromatic heterocycles. The second-order valence-electron chi connectivity index (χ2n) is 3.63. The van der Waals surface area contributed by atoms with Gasteiger partial charge in [-0.05, 0) is 25.7 Å². The lowest BCUT2D eigenvalue weighted by Crippen LogP contribution is -2.51. The van der Waals surface area contributed by atoms with E-state index >= 15 is 0 Å². The molecule has 4 nitrogen and oxygen atoms in total. The molecule has 1 rings (SSSR count). The maximum absolute atomic E-state index is 11.2. The van der Waals surface area contributed by atoms with Gasteiger partial charge in [0.05, 0.1) is 0 Å². The third-order valence-electron chi connectivity index (χ3n) is 2.50. The topological polar surface area (TPSA) is 58.4 Å². The van der Waals surface area contributed by atoms with Gasteiger partial charge in [-0.25, -0.2) is 10.6 Å². The predicted octanol–water partition coefficient (Wildman–Crippen LogP) is 0.690. The minimum Gasteiger partial charge on any atom is -0.321 e. The third kappa shape index (κ3) is 1.88. The molecule has 1 saturated heterocycles. The van der Waals surface area contributed by atoms with E-state index in [1.165, 1.54) is 6.42 Å². The van der Waals surface area contributed by atoms with Crippen molar-refractivity contribution in [3.05, 3.63) is 0 Å². The van der Waals surface area contributed by atoms with Crippen LogP contribution < -0.4 is 11.3 Å². The molecular weight excluding hydrogens is 154 g/mol. The number of likely N-dealkylation sites (tertiary alicyclic amines) is 1.